The summed E-state index contributed by atoms with van der Waals surface area (Å²) in [7, 11) is 0. The molecule has 0 aliphatic rings. The molecule has 0 bridgehead atoms. The summed E-state index contributed by atoms with van der Waals surface area (Å²) in [5.41, 5.74) is -0.862. The first-order chi connectivity index (χ1) is 8.02. The molecule has 0 saturated heterocycles. The Kier molecular flexibility index (Phi) is 7.56. The summed E-state index contributed by atoms with van der Waals surface area (Å²) >= 11 is 0. The van der Waals surface area contributed by atoms with Crippen LogP contribution in [0.5, 0.6) is 0 Å². The van der Waals surface area contributed by atoms with Gasteiger partial charge >= 0.3 is 0 Å². The molecule has 0 rings (SSSR count). The van der Waals surface area contributed by atoms with Crippen LogP contribution in [0.25, 0.3) is 0 Å². The monoisotopic (exact) mass is 240 g/mol. The first kappa shape index (κ1) is 15.9. The van der Waals surface area contributed by atoms with Gasteiger partial charge in [0, 0.05) is 13.2 Å². The fourth-order valence-corrected chi connectivity index (χ4v) is 1.54. The molecule has 0 aromatic heterocycles. The number of hydrogen-bond donors (Lipinski definition) is 1. The zero-order valence-corrected chi connectivity index (χ0v) is 11.4. The first-order valence-electron chi connectivity index (χ1n) is 6.33. The van der Waals surface area contributed by atoms with Gasteiger partial charge in [0.1, 0.15) is 5.41 Å². The second kappa shape index (κ2) is 8.08. The highest BCUT2D eigenvalue weighted by Crippen LogP contribution is 2.25. The van der Waals surface area contributed by atoms with Crippen LogP contribution < -0.4 is 5.32 Å². The zero-order valence-electron chi connectivity index (χ0n) is 11.4. The number of hydrogen-bond acceptors (Lipinski definition) is 3. The lowest BCUT2D eigenvalue weighted by Crippen LogP contribution is -2.40. The molecule has 0 heterocycles. The minimum Gasteiger partial charge on any atom is -0.379 e. The van der Waals surface area contributed by atoms with E-state index in [0.717, 1.165) is 6.42 Å². The maximum Gasteiger partial charge on any atom is 0.240 e. The van der Waals surface area contributed by atoms with E-state index in [-0.39, 0.29) is 12.0 Å². The van der Waals surface area contributed by atoms with E-state index in [1.807, 2.05) is 27.7 Å². The molecule has 0 unspecified atom stereocenters. The van der Waals surface area contributed by atoms with Gasteiger partial charge in [0.15, 0.2) is 0 Å². The van der Waals surface area contributed by atoms with Gasteiger partial charge in [-0.1, -0.05) is 13.8 Å². The van der Waals surface area contributed by atoms with Crippen LogP contribution >= 0.6 is 0 Å². The van der Waals surface area contributed by atoms with Gasteiger partial charge in [-0.25, -0.2) is 0 Å². The van der Waals surface area contributed by atoms with Crippen molar-refractivity contribution < 1.29 is 9.53 Å². The minimum atomic E-state index is -0.862. The Hall–Kier alpha value is -1.08. The maximum atomic E-state index is 11.9. The molecule has 0 aromatic rings. The molecular weight excluding hydrogens is 216 g/mol. The molecule has 98 valence electrons. The molecule has 1 amide bonds. The average molecular weight is 240 g/mol. The molecule has 0 atom stereocenters. The molecule has 0 spiro atoms. The first-order valence-corrected chi connectivity index (χ1v) is 6.33. The lowest BCUT2D eigenvalue weighted by Gasteiger charge is -2.22. The molecule has 0 aliphatic carbocycles. The number of carbonyl (C=O) groups is 1. The predicted molar refractivity (Wildman–Crippen MR) is 67.3 cm³/mol. The zero-order chi connectivity index (χ0) is 13.3. The lowest BCUT2D eigenvalue weighted by atomic mass is 9.83. The Morgan fingerprint density at radius 1 is 1.41 bits per heavy atom. The highest BCUT2D eigenvalue weighted by molar-refractivity contribution is 5.85. The predicted octanol–water partition coefficient (Wildman–Crippen LogP) is 2.25. The van der Waals surface area contributed by atoms with Gasteiger partial charge in [0.05, 0.1) is 12.2 Å². The fraction of sp³-hybridized carbons (Fsp3) is 0.846. The van der Waals surface area contributed by atoms with Crippen LogP contribution in [-0.2, 0) is 9.53 Å². The van der Waals surface area contributed by atoms with Crippen molar-refractivity contribution >= 4 is 5.91 Å². The van der Waals surface area contributed by atoms with Crippen LogP contribution in [0.15, 0.2) is 0 Å². The maximum absolute atomic E-state index is 11.9. The Labute approximate surface area is 104 Å². The normalized spacial score (nSPS) is 11.3. The van der Waals surface area contributed by atoms with Crippen LogP contribution in [0, 0.1) is 16.7 Å². The van der Waals surface area contributed by atoms with Crippen molar-refractivity contribution in [1.82, 2.24) is 5.32 Å². The van der Waals surface area contributed by atoms with E-state index >= 15 is 0 Å². The van der Waals surface area contributed by atoms with Gasteiger partial charge in [-0.15, -0.1) is 0 Å². The van der Waals surface area contributed by atoms with E-state index in [1.165, 1.54) is 0 Å². The minimum absolute atomic E-state index is 0.158. The van der Waals surface area contributed by atoms with Crippen molar-refractivity contribution in [1.29, 1.82) is 5.26 Å². The second-order valence-corrected chi connectivity index (χ2v) is 4.43. The number of amides is 1. The number of nitrogens with one attached hydrogen (secondary N) is 1. The van der Waals surface area contributed by atoms with Gasteiger partial charge < -0.3 is 10.1 Å². The highest BCUT2D eigenvalue weighted by atomic mass is 16.5. The Balaban J connectivity index is 3.97. The second-order valence-electron chi connectivity index (χ2n) is 4.43. The number of nitriles is 1. The smallest absolute Gasteiger partial charge is 0.240 e. The van der Waals surface area contributed by atoms with Crippen molar-refractivity contribution in [2.45, 2.75) is 53.1 Å². The van der Waals surface area contributed by atoms with E-state index in [9.17, 15) is 4.79 Å². The summed E-state index contributed by atoms with van der Waals surface area (Å²) in [6.07, 6.45) is 2.09. The van der Waals surface area contributed by atoms with E-state index in [0.29, 0.717) is 26.0 Å². The third kappa shape index (κ3) is 5.18. The van der Waals surface area contributed by atoms with Crippen molar-refractivity contribution in [2.75, 3.05) is 13.2 Å². The molecule has 1 N–H and O–H groups in total. The molecule has 0 aliphatic heterocycles. The SMILES string of the molecule is CCC(C#N)(CC)C(=O)NCCCOC(C)C. The number of nitrogens with zero attached hydrogens (tertiary/aromatic N) is 1. The molecule has 0 fully saturated rings. The fourth-order valence-electron chi connectivity index (χ4n) is 1.54. The largest absolute Gasteiger partial charge is 0.379 e. The number of ether oxygens (including phenoxy) is 1. The van der Waals surface area contributed by atoms with Crippen LogP contribution in [0.4, 0.5) is 0 Å². The molecule has 0 aromatic carbocycles. The summed E-state index contributed by atoms with van der Waals surface area (Å²) < 4.78 is 5.37. The molecular formula is C13H24N2O2. The topological polar surface area (TPSA) is 62.1 Å². The van der Waals surface area contributed by atoms with Crippen LogP contribution in [0.3, 0.4) is 0 Å². The van der Waals surface area contributed by atoms with E-state index in [1.54, 1.807) is 0 Å². The van der Waals surface area contributed by atoms with E-state index < -0.39 is 5.41 Å². The lowest BCUT2D eigenvalue weighted by molar-refractivity contribution is -0.128. The molecule has 17 heavy (non-hydrogen) atoms. The Morgan fingerprint density at radius 2 is 2.00 bits per heavy atom. The van der Waals surface area contributed by atoms with Gasteiger partial charge in [0.2, 0.25) is 5.91 Å². The molecule has 0 radical (unpaired) electrons. The molecule has 4 nitrogen and oxygen atoms in total. The summed E-state index contributed by atoms with van der Waals surface area (Å²) in [5.74, 6) is -0.158. The molecule has 0 saturated carbocycles. The van der Waals surface area contributed by atoms with Crippen LogP contribution in [0.2, 0.25) is 0 Å². The third-order valence-corrected chi connectivity index (χ3v) is 2.91. The van der Waals surface area contributed by atoms with Crippen molar-refractivity contribution in [3.05, 3.63) is 0 Å². The van der Waals surface area contributed by atoms with Gasteiger partial charge in [-0.2, -0.15) is 5.26 Å². The van der Waals surface area contributed by atoms with E-state index in [2.05, 4.69) is 11.4 Å². The van der Waals surface area contributed by atoms with Crippen molar-refractivity contribution in [2.24, 2.45) is 5.41 Å². The summed E-state index contributed by atoms with van der Waals surface area (Å²) in [6, 6.07) is 2.13. The number of rotatable bonds is 8. The quantitative estimate of drug-likeness (QED) is 0.662. The summed E-state index contributed by atoms with van der Waals surface area (Å²) in [5, 5.41) is 11.9. The van der Waals surface area contributed by atoms with Gasteiger partial charge in [-0.05, 0) is 33.1 Å². The summed E-state index contributed by atoms with van der Waals surface area (Å²) in [6.45, 7) is 8.90. The number of carbonyl (C=O) groups excluding carboxylic acids is 1. The Bertz CT molecular complexity index is 265. The standard InChI is InChI=1S/C13H24N2O2/c1-5-13(6-2,10-14)12(16)15-8-7-9-17-11(3)4/h11H,5-9H2,1-4H3,(H,15,16). The Morgan fingerprint density at radius 3 is 2.41 bits per heavy atom. The summed E-state index contributed by atoms with van der Waals surface area (Å²) in [4.78, 5) is 11.9. The van der Waals surface area contributed by atoms with Gasteiger partial charge in [-0.3, -0.25) is 4.79 Å². The van der Waals surface area contributed by atoms with E-state index in [4.69, 9.17) is 10.00 Å². The van der Waals surface area contributed by atoms with Crippen molar-refractivity contribution in [3.63, 3.8) is 0 Å². The third-order valence-electron chi connectivity index (χ3n) is 2.91. The van der Waals surface area contributed by atoms with Crippen molar-refractivity contribution in [3.8, 4) is 6.07 Å². The van der Waals surface area contributed by atoms with Crippen LogP contribution in [-0.4, -0.2) is 25.2 Å². The molecule has 4 heteroatoms. The highest BCUT2D eigenvalue weighted by Gasteiger charge is 2.34. The average Bonchev–Trinajstić information content (AvgIpc) is 2.31. The van der Waals surface area contributed by atoms with Crippen LogP contribution in [0.1, 0.15) is 47.0 Å². The van der Waals surface area contributed by atoms with Gasteiger partial charge in [0.25, 0.3) is 0 Å².